The third-order valence-corrected chi connectivity index (χ3v) is 11.5. The van der Waals surface area contributed by atoms with Crippen LogP contribution in [0.3, 0.4) is 0 Å². The maximum absolute atomic E-state index is 12.6. The lowest BCUT2D eigenvalue weighted by Gasteiger charge is -2.22. The van der Waals surface area contributed by atoms with E-state index >= 15 is 0 Å². The molecule has 0 aliphatic heterocycles. The van der Waals surface area contributed by atoms with Crippen LogP contribution in [0.5, 0.6) is 0 Å². The molecule has 0 heterocycles. The Morgan fingerprint density at radius 1 is 0.483 bits per heavy atom. The van der Waals surface area contributed by atoms with Crippen LogP contribution >= 0.6 is 0 Å². The van der Waals surface area contributed by atoms with E-state index in [0.717, 1.165) is 70.6 Å². The molecular formula is C50H91NO6S. The molecule has 0 spiro atoms. The van der Waals surface area contributed by atoms with Crippen molar-refractivity contribution in [2.24, 2.45) is 0 Å². The second-order valence-corrected chi connectivity index (χ2v) is 18.0. The van der Waals surface area contributed by atoms with E-state index in [9.17, 15) is 28.0 Å². The van der Waals surface area contributed by atoms with E-state index in [-0.39, 0.29) is 6.42 Å². The minimum atomic E-state index is -4.47. The van der Waals surface area contributed by atoms with E-state index in [1.165, 1.54) is 128 Å². The largest absolute Gasteiger partial charge is 0.387 e. The number of nitrogens with one attached hydrogen (secondary N) is 1. The maximum Gasteiger partial charge on any atom is 0.267 e. The summed E-state index contributed by atoms with van der Waals surface area (Å²) in [5.74, 6) is -1.58. The Morgan fingerprint density at radius 2 is 0.828 bits per heavy atom. The van der Waals surface area contributed by atoms with Crippen molar-refractivity contribution in [3.8, 4) is 0 Å². The molecule has 58 heavy (non-hydrogen) atoms. The third-order valence-electron chi connectivity index (χ3n) is 10.8. The Kier molecular flexibility index (Phi) is 41.6. The molecule has 0 aliphatic rings. The third kappa shape index (κ3) is 42.1. The predicted octanol–water partition coefficient (Wildman–Crippen LogP) is 13.8. The molecule has 3 atom stereocenters. The first-order chi connectivity index (χ1) is 28.2. The normalized spacial score (nSPS) is 14.2. The van der Waals surface area contributed by atoms with Gasteiger partial charge in [0.2, 0.25) is 5.91 Å². The van der Waals surface area contributed by atoms with E-state index in [0.29, 0.717) is 12.8 Å². The molecule has 1 amide bonds. The Morgan fingerprint density at radius 3 is 1.24 bits per heavy atom. The fourth-order valence-electron chi connectivity index (χ4n) is 7.05. The molecule has 7 nitrogen and oxygen atoms in total. The minimum Gasteiger partial charge on any atom is -0.387 e. The maximum atomic E-state index is 12.6. The molecular weight excluding hydrogens is 743 g/mol. The lowest BCUT2D eigenvalue weighted by molar-refractivity contribution is -0.130. The van der Waals surface area contributed by atoms with Gasteiger partial charge in [0.25, 0.3) is 10.1 Å². The Bertz CT molecular complexity index is 1160. The van der Waals surface area contributed by atoms with Crippen LogP contribution in [0.25, 0.3) is 0 Å². The average molecular weight is 834 g/mol. The second-order valence-electron chi connectivity index (χ2n) is 16.5. The first-order valence-electron chi connectivity index (χ1n) is 24.1. The molecule has 0 fully saturated rings. The van der Waals surface area contributed by atoms with Crippen molar-refractivity contribution in [3.63, 3.8) is 0 Å². The van der Waals surface area contributed by atoms with Crippen LogP contribution in [0.15, 0.2) is 60.8 Å². The molecule has 0 saturated carbocycles. The van der Waals surface area contributed by atoms with Gasteiger partial charge in [-0.15, -0.1) is 0 Å². The van der Waals surface area contributed by atoms with E-state index in [2.05, 4.69) is 67.8 Å². The first kappa shape index (κ1) is 56.0. The zero-order valence-electron chi connectivity index (χ0n) is 37.5. The van der Waals surface area contributed by atoms with Crippen molar-refractivity contribution in [2.75, 3.05) is 5.75 Å². The predicted molar refractivity (Wildman–Crippen MR) is 250 cm³/mol. The lowest BCUT2D eigenvalue weighted by Crippen LogP contribution is -2.50. The number of aliphatic hydroxyl groups excluding tert-OH is 2. The zero-order valence-corrected chi connectivity index (χ0v) is 38.3. The molecule has 4 N–H and O–H groups in total. The summed E-state index contributed by atoms with van der Waals surface area (Å²) in [5, 5.41) is 23.5. The van der Waals surface area contributed by atoms with Gasteiger partial charge in [0.1, 0.15) is 6.10 Å². The monoisotopic (exact) mass is 834 g/mol. The fraction of sp³-hybridized carbons (Fsp3) is 0.780. The summed E-state index contributed by atoms with van der Waals surface area (Å²) in [6, 6.07) is -1.26. The molecule has 0 aromatic carbocycles. The van der Waals surface area contributed by atoms with Crippen molar-refractivity contribution in [3.05, 3.63) is 60.8 Å². The zero-order chi connectivity index (χ0) is 42.6. The standard InChI is InChI=1S/C50H91NO6S/c1-3-5-7-9-11-13-15-17-19-21-23-24-25-27-29-31-33-35-37-39-41-43-45-49(53)50(54)51-47(46-58(55,56)57)48(52)44-42-40-38-36-34-32-30-28-26-22-20-18-16-14-12-10-8-6-4-2/h23-24,26-29,34,36,42,44,47-49,52-53H,3-22,25,30-33,35,37-41,43,45-46H2,1-2H3,(H,51,54)(H,55,56,57)/b24-23-,28-26+,29-27-,36-34+,44-42+. The van der Waals surface area contributed by atoms with Gasteiger partial charge in [0, 0.05) is 0 Å². The van der Waals surface area contributed by atoms with Crippen molar-refractivity contribution in [1.82, 2.24) is 5.32 Å². The molecule has 0 aromatic heterocycles. The number of hydrogen-bond acceptors (Lipinski definition) is 5. The summed E-state index contributed by atoms with van der Waals surface area (Å²) in [5.41, 5.74) is 0. The number of carbonyl (C=O) groups is 1. The van der Waals surface area contributed by atoms with E-state index in [1.807, 2.05) is 0 Å². The van der Waals surface area contributed by atoms with Crippen LogP contribution in [0.4, 0.5) is 0 Å². The van der Waals surface area contributed by atoms with Crippen LogP contribution in [0, 0.1) is 0 Å². The molecule has 338 valence electrons. The summed E-state index contributed by atoms with van der Waals surface area (Å²) >= 11 is 0. The van der Waals surface area contributed by atoms with Gasteiger partial charge >= 0.3 is 0 Å². The molecule has 0 rings (SSSR count). The van der Waals surface area contributed by atoms with Gasteiger partial charge in [-0.1, -0.05) is 209 Å². The van der Waals surface area contributed by atoms with Crippen molar-refractivity contribution in [1.29, 1.82) is 0 Å². The fourth-order valence-corrected chi connectivity index (χ4v) is 7.78. The summed E-state index contributed by atoms with van der Waals surface area (Å²) < 4.78 is 32.6. The van der Waals surface area contributed by atoms with Crippen molar-refractivity contribution in [2.45, 2.75) is 244 Å². The van der Waals surface area contributed by atoms with Gasteiger partial charge in [-0.25, -0.2) is 0 Å². The number of unbranched alkanes of at least 4 members (excludes halogenated alkanes) is 26. The number of aliphatic hydroxyl groups is 2. The molecule has 0 bridgehead atoms. The van der Waals surface area contributed by atoms with Gasteiger partial charge in [-0.05, 0) is 77.0 Å². The van der Waals surface area contributed by atoms with Crippen LogP contribution < -0.4 is 5.32 Å². The topological polar surface area (TPSA) is 124 Å². The summed E-state index contributed by atoms with van der Waals surface area (Å²) in [4.78, 5) is 12.6. The average Bonchev–Trinajstić information content (AvgIpc) is 3.19. The number of amides is 1. The highest BCUT2D eigenvalue weighted by Crippen LogP contribution is 2.14. The molecule has 0 aromatic rings. The number of carbonyl (C=O) groups excluding carboxylic acids is 1. The van der Waals surface area contributed by atoms with Gasteiger partial charge in [0.15, 0.2) is 0 Å². The van der Waals surface area contributed by atoms with E-state index in [1.54, 1.807) is 6.08 Å². The highest BCUT2D eigenvalue weighted by atomic mass is 32.2. The lowest BCUT2D eigenvalue weighted by atomic mass is 10.0. The van der Waals surface area contributed by atoms with Crippen LogP contribution in [0.2, 0.25) is 0 Å². The molecule has 0 aliphatic carbocycles. The molecule has 3 unspecified atom stereocenters. The molecule has 0 radical (unpaired) electrons. The second kappa shape index (κ2) is 43.1. The summed E-state index contributed by atoms with van der Waals surface area (Å²) in [6.07, 6.45) is 57.1. The number of allylic oxidation sites excluding steroid dienone is 9. The van der Waals surface area contributed by atoms with Crippen LogP contribution in [0.1, 0.15) is 226 Å². The van der Waals surface area contributed by atoms with Crippen LogP contribution in [-0.2, 0) is 14.9 Å². The summed E-state index contributed by atoms with van der Waals surface area (Å²) in [6.45, 7) is 4.53. The Balaban J connectivity index is 4.04. The highest BCUT2D eigenvalue weighted by Gasteiger charge is 2.27. The number of hydrogen-bond donors (Lipinski definition) is 4. The van der Waals surface area contributed by atoms with Crippen LogP contribution in [-0.4, -0.2) is 53.1 Å². The SMILES string of the molecule is CCCCCCCCCCC/C=C\C/C=C\CCCCCCCCC(O)C(=O)NC(CS(=O)(=O)O)C(O)/C=C/CC/C=C/CC/C=C/CCCCCCCCCCC. The summed E-state index contributed by atoms with van der Waals surface area (Å²) in [7, 11) is -4.47. The number of rotatable bonds is 43. The smallest absolute Gasteiger partial charge is 0.267 e. The first-order valence-corrected chi connectivity index (χ1v) is 25.7. The molecule has 0 saturated heterocycles. The van der Waals surface area contributed by atoms with E-state index in [4.69, 9.17) is 0 Å². The Labute approximate surface area is 358 Å². The van der Waals surface area contributed by atoms with Gasteiger partial charge in [-0.2, -0.15) is 8.42 Å². The van der Waals surface area contributed by atoms with Gasteiger partial charge in [-0.3, -0.25) is 9.35 Å². The van der Waals surface area contributed by atoms with Gasteiger partial charge in [0.05, 0.1) is 17.9 Å². The molecule has 8 heteroatoms. The van der Waals surface area contributed by atoms with Gasteiger partial charge < -0.3 is 15.5 Å². The van der Waals surface area contributed by atoms with Crippen molar-refractivity contribution < 1.29 is 28.0 Å². The minimum absolute atomic E-state index is 0.257. The highest BCUT2D eigenvalue weighted by molar-refractivity contribution is 7.85. The quantitative estimate of drug-likeness (QED) is 0.0276. The van der Waals surface area contributed by atoms with Crippen molar-refractivity contribution >= 4 is 16.0 Å². The Hall–Kier alpha value is -2.00. The van der Waals surface area contributed by atoms with E-state index < -0.39 is 40.0 Å².